The fourth-order valence-electron chi connectivity index (χ4n) is 2.68. The highest BCUT2D eigenvalue weighted by molar-refractivity contribution is 5.98. The van der Waals surface area contributed by atoms with E-state index in [2.05, 4.69) is 17.1 Å². The molecule has 1 aliphatic heterocycles. The van der Waals surface area contributed by atoms with Crippen LogP contribution in [-0.4, -0.2) is 68.0 Å². The molecule has 0 spiro atoms. The molecule has 1 aromatic rings. The maximum Gasteiger partial charge on any atom is 0.254 e. The summed E-state index contributed by atoms with van der Waals surface area (Å²) in [5.41, 5.74) is 0.540. The molecular weight excluding hydrogens is 282 g/mol. The molecule has 2 rings (SSSR count). The van der Waals surface area contributed by atoms with Crippen LogP contribution < -0.4 is 10.1 Å². The molecule has 1 fully saturated rings. The van der Waals surface area contributed by atoms with E-state index in [-0.39, 0.29) is 11.8 Å². The second-order valence-corrected chi connectivity index (χ2v) is 5.25. The van der Waals surface area contributed by atoms with Crippen molar-refractivity contribution in [3.8, 4) is 5.75 Å². The van der Waals surface area contributed by atoms with Gasteiger partial charge in [-0.15, -0.1) is 0 Å². The molecule has 2 amide bonds. The van der Waals surface area contributed by atoms with Crippen molar-refractivity contribution in [2.24, 2.45) is 0 Å². The summed E-state index contributed by atoms with van der Waals surface area (Å²) in [7, 11) is 3.17. The van der Waals surface area contributed by atoms with Crippen LogP contribution in [0.4, 0.5) is 0 Å². The first kappa shape index (κ1) is 16.3. The van der Waals surface area contributed by atoms with Gasteiger partial charge >= 0.3 is 0 Å². The Bertz CT molecular complexity index is 547. The molecule has 0 aromatic heterocycles. The van der Waals surface area contributed by atoms with Gasteiger partial charge < -0.3 is 15.0 Å². The number of rotatable bonds is 4. The molecule has 0 aliphatic carbocycles. The van der Waals surface area contributed by atoms with Gasteiger partial charge in [0.1, 0.15) is 11.8 Å². The van der Waals surface area contributed by atoms with Crippen LogP contribution in [0, 0.1) is 0 Å². The Hall–Kier alpha value is -2.08. The minimum absolute atomic E-state index is 0.130. The van der Waals surface area contributed by atoms with Gasteiger partial charge in [-0.25, -0.2) is 0 Å². The van der Waals surface area contributed by atoms with Crippen molar-refractivity contribution in [2.75, 3.05) is 40.3 Å². The van der Waals surface area contributed by atoms with E-state index in [4.69, 9.17) is 4.74 Å². The van der Waals surface area contributed by atoms with Crippen LogP contribution in [0.15, 0.2) is 24.3 Å². The summed E-state index contributed by atoms with van der Waals surface area (Å²) in [6.45, 7) is 4.81. The third kappa shape index (κ3) is 3.39. The highest BCUT2D eigenvalue weighted by atomic mass is 16.5. The first-order valence-electron chi connectivity index (χ1n) is 7.49. The van der Waals surface area contributed by atoms with Crippen LogP contribution >= 0.6 is 0 Å². The van der Waals surface area contributed by atoms with E-state index in [1.807, 2.05) is 0 Å². The number of hydrogen-bond acceptors (Lipinski definition) is 4. The number of nitrogens with zero attached hydrogens (tertiary/aromatic N) is 2. The predicted octanol–water partition coefficient (Wildman–Crippen LogP) is 0.588. The maximum absolute atomic E-state index is 12.8. The summed E-state index contributed by atoms with van der Waals surface area (Å²) in [6, 6.07) is 6.57. The van der Waals surface area contributed by atoms with Crippen LogP contribution in [0.2, 0.25) is 0 Å². The summed E-state index contributed by atoms with van der Waals surface area (Å²) in [5.74, 6) is 0.368. The van der Waals surface area contributed by atoms with Crippen LogP contribution in [0.3, 0.4) is 0 Å². The average Bonchev–Trinajstić information content (AvgIpc) is 2.59. The van der Waals surface area contributed by atoms with Crippen molar-refractivity contribution in [1.29, 1.82) is 0 Å². The summed E-state index contributed by atoms with van der Waals surface area (Å²) in [6.07, 6.45) is 0. The highest BCUT2D eigenvalue weighted by Crippen LogP contribution is 2.18. The zero-order chi connectivity index (χ0) is 16.1. The van der Waals surface area contributed by atoms with Gasteiger partial charge in [-0.05, 0) is 24.7 Å². The largest absolute Gasteiger partial charge is 0.497 e. The van der Waals surface area contributed by atoms with Crippen molar-refractivity contribution in [3.05, 3.63) is 29.8 Å². The van der Waals surface area contributed by atoms with Crippen LogP contribution in [0.25, 0.3) is 0 Å². The normalized spacial score (nSPS) is 18.9. The summed E-state index contributed by atoms with van der Waals surface area (Å²) < 4.78 is 5.16. The number of methoxy groups -OCH3 is 1. The third-order valence-electron chi connectivity index (χ3n) is 4.04. The number of hydrogen-bond donors (Lipinski definition) is 1. The topological polar surface area (TPSA) is 61.9 Å². The van der Waals surface area contributed by atoms with E-state index >= 15 is 0 Å². The Balaban J connectivity index is 2.23. The Morgan fingerprint density at radius 1 is 1.36 bits per heavy atom. The molecule has 1 unspecified atom stereocenters. The van der Waals surface area contributed by atoms with E-state index in [0.29, 0.717) is 24.4 Å². The molecule has 0 radical (unpaired) electrons. The summed E-state index contributed by atoms with van der Waals surface area (Å²) in [5, 5.41) is 2.65. The highest BCUT2D eigenvalue weighted by Gasteiger charge is 2.34. The van der Waals surface area contributed by atoms with Crippen LogP contribution in [-0.2, 0) is 4.79 Å². The molecule has 6 nitrogen and oxygen atoms in total. The Labute approximate surface area is 131 Å². The minimum Gasteiger partial charge on any atom is -0.497 e. The van der Waals surface area contributed by atoms with Crippen LogP contribution in [0.5, 0.6) is 5.75 Å². The lowest BCUT2D eigenvalue weighted by Crippen LogP contribution is -2.60. The molecule has 1 N–H and O–H groups in total. The Morgan fingerprint density at radius 2 is 2.14 bits per heavy atom. The average molecular weight is 305 g/mol. The Morgan fingerprint density at radius 3 is 2.77 bits per heavy atom. The molecule has 1 aromatic carbocycles. The lowest BCUT2D eigenvalue weighted by molar-refractivity contribution is -0.127. The summed E-state index contributed by atoms with van der Waals surface area (Å²) in [4.78, 5) is 28.7. The van der Waals surface area contributed by atoms with Crippen molar-refractivity contribution in [2.45, 2.75) is 13.0 Å². The van der Waals surface area contributed by atoms with Gasteiger partial charge in [-0.3, -0.25) is 14.5 Å². The number of ether oxygens (including phenoxy) is 1. The quantitative estimate of drug-likeness (QED) is 0.884. The van der Waals surface area contributed by atoms with E-state index < -0.39 is 6.04 Å². The molecule has 1 heterocycles. The van der Waals surface area contributed by atoms with Gasteiger partial charge in [0.2, 0.25) is 5.91 Å². The van der Waals surface area contributed by atoms with E-state index in [0.717, 1.165) is 13.1 Å². The molecule has 0 saturated carbocycles. The second-order valence-electron chi connectivity index (χ2n) is 5.25. The number of nitrogens with one attached hydrogen (secondary N) is 1. The monoisotopic (exact) mass is 305 g/mol. The number of carbonyl (C=O) groups is 2. The third-order valence-corrected chi connectivity index (χ3v) is 4.04. The first-order valence-corrected chi connectivity index (χ1v) is 7.49. The number of carbonyl (C=O) groups excluding carboxylic acids is 2. The molecule has 22 heavy (non-hydrogen) atoms. The van der Waals surface area contributed by atoms with Gasteiger partial charge in [0, 0.05) is 32.2 Å². The van der Waals surface area contributed by atoms with Crippen LogP contribution in [0.1, 0.15) is 17.3 Å². The van der Waals surface area contributed by atoms with Gasteiger partial charge in [-0.2, -0.15) is 0 Å². The maximum atomic E-state index is 12.8. The van der Waals surface area contributed by atoms with E-state index in [9.17, 15) is 9.59 Å². The number of likely N-dealkylation sites (N-methyl/N-ethyl adjacent to an activating group) is 2. The predicted molar refractivity (Wildman–Crippen MR) is 84.0 cm³/mol. The van der Waals surface area contributed by atoms with Crippen molar-refractivity contribution >= 4 is 11.8 Å². The van der Waals surface area contributed by atoms with Gasteiger partial charge in [0.25, 0.3) is 5.91 Å². The van der Waals surface area contributed by atoms with Crippen molar-refractivity contribution < 1.29 is 14.3 Å². The standard InChI is InChI=1S/C16H23N3O3/c1-4-18-8-9-19(14(11-18)15(20)17-2)16(21)12-6-5-7-13(10-12)22-3/h5-7,10,14H,4,8-9,11H2,1-3H3,(H,17,20). The lowest BCUT2D eigenvalue weighted by atomic mass is 10.1. The SMILES string of the molecule is CCN1CCN(C(=O)c2cccc(OC)c2)C(C(=O)NC)C1. The number of amides is 2. The zero-order valence-corrected chi connectivity index (χ0v) is 13.3. The van der Waals surface area contributed by atoms with Crippen molar-refractivity contribution in [1.82, 2.24) is 15.1 Å². The fraction of sp³-hybridized carbons (Fsp3) is 0.500. The van der Waals surface area contributed by atoms with Gasteiger partial charge in [0.05, 0.1) is 7.11 Å². The lowest BCUT2D eigenvalue weighted by Gasteiger charge is -2.40. The first-order chi connectivity index (χ1) is 10.6. The van der Waals surface area contributed by atoms with Gasteiger partial charge in [-0.1, -0.05) is 13.0 Å². The molecule has 1 saturated heterocycles. The second kappa shape index (κ2) is 7.26. The minimum atomic E-state index is -0.461. The smallest absolute Gasteiger partial charge is 0.254 e. The number of benzene rings is 1. The molecule has 1 atom stereocenters. The molecule has 0 bridgehead atoms. The zero-order valence-electron chi connectivity index (χ0n) is 13.3. The number of piperazine rings is 1. The Kier molecular flexibility index (Phi) is 5.38. The molecule has 6 heteroatoms. The molecular formula is C16H23N3O3. The fourth-order valence-corrected chi connectivity index (χ4v) is 2.68. The van der Waals surface area contributed by atoms with Crippen molar-refractivity contribution in [3.63, 3.8) is 0 Å². The van der Waals surface area contributed by atoms with Gasteiger partial charge in [0.15, 0.2) is 0 Å². The molecule has 120 valence electrons. The summed E-state index contributed by atoms with van der Waals surface area (Å²) >= 11 is 0. The van der Waals surface area contributed by atoms with E-state index in [1.54, 1.807) is 43.3 Å². The van der Waals surface area contributed by atoms with E-state index in [1.165, 1.54) is 0 Å². The molecule has 1 aliphatic rings.